The molecule has 0 bridgehead atoms. The Kier molecular flexibility index (Phi) is 2.10. The van der Waals surface area contributed by atoms with Crippen LogP contribution in [0.2, 0.25) is 0 Å². The van der Waals surface area contributed by atoms with Crippen molar-refractivity contribution < 1.29 is 4.74 Å². The van der Waals surface area contributed by atoms with E-state index in [1.54, 1.807) is 0 Å². The maximum Gasteiger partial charge on any atom is 0.0890 e. The third-order valence-corrected chi connectivity index (χ3v) is 2.82. The fraction of sp³-hybridized carbons (Fsp3) is 0.333. The molecule has 0 radical (unpaired) electrons. The van der Waals surface area contributed by atoms with Gasteiger partial charge in [0.1, 0.15) is 0 Å². The molecule has 0 aliphatic carbocycles. The van der Waals surface area contributed by atoms with Gasteiger partial charge in [0.05, 0.1) is 23.3 Å². The largest absolute Gasteiger partial charge is 0.381 e. The van der Waals surface area contributed by atoms with E-state index >= 15 is 0 Å². The predicted octanol–water partition coefficient (Wildman–Crippen LogP) is 2.13. The van der Waals surface area contributed by atoms with E-state index in [4.69, 9.17) is 4.74 Å². The Morgan fingerprint density at radius 1 is 1.20 bits per heavy atom. The molecule has 0 spiro atoms. The van der Waals surface area contributed by atoms with Gasteiger partial charge in [-0.25, -0.2) is 4.98 Å². The Morgan fingerprint density at radius 3 is 2.87 bits per heavy atom. The van der Waals surface area contributed by atoms with Crippen LogP contribution >= 0.6 is 0 Å². The molecule has 3 rings (SSSR count). The highest BCUT2D eigenvalue weighted by Gasteiger charge is 2.19. The molecule has 3 nitrogen and oxygen atoms in total. The summed E-state index contributed by atoms with van der Waals surface area (Å²) in [5, 5.41) is 0. The van der Waals surface area contributed by atoms with Gasteiger partial charge in [-0.05, 0) is 18.6 Å². The monoisotopic (exact) mass is 200 g/mol. The first-order chi connectivity index (χ1) is 7.43. The van der Waals surface area contributed by atoms with Crippen LogP contribution in [0.3, 0.4) is 0 Å². The summed E-state index contributed by atoms with van der Waals surface area (Å²) in [6.45, 7) is 1.63. The molecule has 1 saturated heterocycles. The fourth-order valence-electron chi connectivity index (χ4n) is 1.94. The minimum Gasteiger partial charge on any atom is -0.381 e. The molecule has 2 aromatic rings. The molecule has 0 saturated carbocycles. The number of ether oxygens (including phenoxy) is 1. The predicted molar refractivity (Wildman–Crippen MR) is 57.7 cm³/mol. The van der Waals surface area contributed by atoms with Crippen LogP contribution in [-0.2, 0) is 4.74 Å². The van der Waals surface area contributed by atoms with E-state index in [2.05, 4.69) is 9.97 Å². The third kappa shape index (κ3) is 1.59. The highest BCUT2D eigenvalue weighted by atomic mass is 16.5. The van der Waals surface area contributed by atoms with E-state index in [0.717, 1.165) is 36.4 Å². The van der Waals surface area contributed by atoms with Crippen LogP contribution in [0.4, 0.5) is 0 Å². The zero-order valence-electron chi connectivity index (χ0n) is 8.39. The maximum absolute atomic E-state index is 5.36. The van der Waals surface area contributed by atoms with Crippen molar-refractivity contribution in [2.75, 3.05) is 13.2 Å². The fourth-order valence-corrected chi connectivity index (χ4v) is 1.94. The first-order valence-corrected chi connectivity index (χ1v) is 5.23. The van der Waals surface area contributed by atoms with Crippen molar-refractivity contribution in [2.45, 2.75) is 12.3 Å². The van der Waals surface area contributed by atoms with Gasteiger partial charge < -0.3 is 4.74 Å². The number of hydrogen-bond acceptors (Lipinski definition) is 3. The van der Waals surface area contributed by atoms with Crippen LogP contribution in [0.15, 0.2) is 30.5 Å². The Bertz CT molecular complexity index is 478. The van der Waals surface area contributed by atoms with E-state index in [9.17, 15) is 0 Å². The second kappa shape index (κ2) is 3.59. The lowest BCUT2D eigenvalue weighted by Gasteiger charge is -2.06. The Hall–Kier alpha value is -1.48. The highest BCUT2D eigenvalue weighted by Crippen LogP contribution is 2.24. The van der Waals surface area contributed by atoms with Gasteiger partial charge in [-0.3, -0.25) is 4.98 Å². The topological polar surface area (TPSA) is 35.0 Å². The summed E-state index contributed by atoms with van der Waals surface area (Å²) in [5.41, 5.74) is 2.99. The van der Waals surface area contributed by atoms with Gasteiger partial charge in [0.15, 0.2) is 0 Å². The third-order valence-electron chi connectivity index (χ3n) is 2.82. The smallest absolute Gasteiger partial charge is 0.0890 e. The van der Waals surface area contributed by atoms with Crippen molar-refractivity contribution >= 4 is 11.0 Å². The molecule has 76 valence electrons. The van der Waals surface area contributed by atoms with Crippen molar-refractivity contribution in [3.05, 3.63) is 36.2 Å². The summed E-state index contributed by atoms with van der Waals surface area (Å²) < 4.78 is 5.36. The second-order valence-electron chi connectivity index (χ2n) is 3.84. The summed E-state index contributed by atoms with van der Waals surface area (Å²) in [6.07, 6.45) is 2.94. The minimum atomic E-state index is 0.433. The average molecular weight is 200 g/mol. The van der Waals surface area contributed by atoms with Crippen molar-refractivity contribution in [1.82, 2.24) is 9.97 Å². The number of fused-ring (bicyclic) bond motifs is 1. The molecule has 1 aliphatic rings. The molecule has 1 aliphatic heterocycles. The first kappa shape index (κ1) is 8.80. The molecular weight excluding hydrogens is 188 g/mol. The van der Waals surface area contributed by atoms with E-state index in [-0.39, 0.29) is 0 Å². The number of para-hydroxylation sites is 2. The Labute approximate surface area is 88.1 Å². The summed E-state index contributed by atoms with van der Waals surface area (Å²) in [5.74, 6) is 0.433. The summed E-state index contributed by atoms with van der Waals surface area (Å²) in [6, 6.07) is 7.96. The van der Waals surface area contributed by atoms with Gasteiger partial charge in [0.25, 0.3) is 0 Å². The lowest BCUT2D eigenvalue weighted by molar-refractivity contribution is 0.193. The normalized spacial score (nSPS) is 20.9. The number of rotatable bonds is 1. The van der Waals surface area contributed by atoms with Gasteiger partial charge in [0, 0.05) is 18.7 Å². The van der Waals surface area contributed by atoms with Crippen LogP contribution in [0.25, 0.3) is 11.0 Å². The molecule has 1 atom stereocenters. The van der Waals surface area contributed by atoms with E-state index in [0.29, 0.717) is 5.92 Å². The van der Waals surface area contributed by atoms with Gasteiger partial charge >= 0.3 is 0 Å². The highest BCUT2D eigenvalue weighted by molar-refractivity contribution is 5.73. The Morgan fingerprint density at radius 2 is 2.07 bits per heavy atom. The van der Waals surface area contributed by atoms with Crippen LogP contribution < -0.4 is 0 Å². The van der Waals surface area contributed by atoms with Crippen molar-refractivity contribution in [3.63, 3.8) is 0 Å². The molecule has 1 aromatic heterocycles. The number of benzene rings is 1. The first-order valence-electron chi connectivity index (χ1n) is 5.23. The summed E-state index contributed by atoms with van der Waals surface area (Å²) >= 11 is 0. The lowest BCUT2D eigenvalue weighted by atomic mass is 10.1. The molecule has 3 heteroatoms. The molecule has 0 N–H and O–H groups in total. The number of nitrogens with zero attached hydrogens (tertiary/aromatic N) is 2. The molecule has 2 heterocycles. The van der Waals surface area contributed by atoms with Gasteiger partial charge in [-0.1, -0.05) is 12.1 Å². The number of aromatic nitrogens is 2. The summed E-state index contributed by atoms with van der Waals surface area (Å²) in [7, 11) is 0. The summed E-state index contributed by atoms with van der Waals surface area (Å²) in [4.78, 5) is 9.02. The molecule has 1 fully saturated rings. The quantitative estimate of drug-likeness (QED) is 0.707. The lowest BCUT2D eigenvalue weighted by Crippen LogP contribution is -2.01. The van der Waals surface area contributed by atoms with Crippen LogP contribution in [0.5, 0.6) is 0 Å². The van der Waals surface area contributed by atoms with Crippen molar-refractivity contribution in [2.24, 2.45) is 0 Å². The molecular formula is C12H12N2O. The standard InChI is InChI=1S/C12H12N2O/c1-2-4-11-10(3-1)13-7-12(14-11)9-5-6-15-8-9/h1-4,7,9H,5-6,8H2. The molecule has 1 unspecified atom stereocenters. The second-order valence-corrected chi connectivity index (χ2v) is 3.84. The zero-order valence-corrected chi connectivity index (χ0v) is 8.39. The van der Waals surface area contributed by atoms with Gasteiger partial charge in [0.2, 0.25) is 0 Å². The van der Waals surface area contributed by atoms with Crippen molar-refractivity contribution in [1.29, 1.82) is 0 Å². The van der Waals surface area contributed by atoms with Crippen LogP contribution in [0.1, 0.15) is 18.0 Å². The Balaban J connectivity index is 2.05. The zero-order chi connectivity index (χ0) is 10.1. The minimum absolute atomic E-state index is 0.433. The van der Waals surface area contributed by atoms with Gasteiger partial charge in [-0.2, -0.15) is 0 Å². The van der Waals surface area contributed by atoms with Crippen molar-refractivity contribution in [3.8, 4) is 0 Å². The maximum atomic E-state index is 5.36. The van der Waals surface area contributed by atoms with E-state index in [1.165, 1.54) is 0 Å². The number of hydrogen-bond donors (Lipinski definition) is 0. The van der Waals surface area contributed by atoms with Gasteiger partial charge in [-0.15, -0.1) is 0 Å². The molecule has 1 aromatic carbocycles. The van der Waals surface area contributed by atoms with Crippen LogP contribution in [-0.4, -0.2) is 23.2 Å². The van der Waals surface area contributed by atoms with E-state index < -0.39 is 0 Å². The SMILES string of the molecule is c1ccc2nc(C3CCOC3)cnc2c1. The molecule has 15 heavy (non-hydrogen) atoms. The molecule has 0 amide bonds. The van der Waals surface area contributed by atoms with Crippen LogP contribution in [0, 0.1) is 0 Å². The average Bonchev–Trinajstić information content (AvgIpc) is 2.82. The van der Waals surface area contributed by atoms with E-state index in [1.807, 2.05) is 30.5 Å².